The van der Waals surface area contributed by atoms with Crippen LogP contribution in [0, 0.1) is 5.82 Å². The van der Waals surface area contributed by atoms with Crippen molar-refractivity contribution in [3.05, 3.63) is 100.0 Å². The van der Waals surface area contributed by atoms with Gasteiger partial charge in [-0.25, -0.2) is 9.37 Å². The standard InChI is InChI=1S/C26H23ClFN3O/c27-21-8-6-18(7-9-21)16-31-25(32)14-20-17-30(15-19-3-1-4-22(28)13-19)12-10-23(20)24-5-2-11-29-26(24)31/h1-9,11,13H,10,12,14-17H2. The molecule has 0 radical (unpaired) electrons. The summed E-state index contributed by atoms with van der Waals surface area (Å²) in [5, 5.41) is 0.671. The van der Waals surface area contributed by atoms with Crippen LogP contribution in [-0.2, 0) is 17.9 Å². The zero-order valence-electron chi connectivity index (χ0n) is 17.6. The van der Waals surface area contributed by atoms with Gasteiger partial charge in [-0.2, -0.15) is 0 Å². The van der Waals surface area contributed by atoms with Gasteiger partial charge in [0, 0.05) is 36.4 Å². The molecule has 0 bridgehead atoms. The summed E-state index contributed by atoms with van der Waals surface area (Å²) in [4.78, 5) is 22.0. The van der Waals surface area contributed by atoms with Crippen LogP contribution in [0.3, 0.4) is 0 Å². The van der Waals surface area contributed by atoms with Gasteiger partial charge < -0.3 is 0 Å². The number of carbonyl (C=O) groups excluding carboxylic acids is 1. The van der Waals surface area contributed by atoms with E-state index in [0.29, 0.717) is 31.1 Å². The monoisotopic (exact) mass is 447 g/mol. The van der Waals surface area contributed by atoms with E-state index in [1.54, 1.807) is 23.2 Å². The molecule has 1 amide bonds. The minimum atomic E-state index is -0.220. The Kier molecular flexibility index (Phi) is 5.77. The van der Waals surface area contributed by atoms with Gasteiger partial charge in [0.15, 0.2) is 0 Å². The van der Waals surface area contributed by atoms with Gasteiger partial charge in [-0.1, -0.05) is 35.9 Å². The highest BCUT2D eigenvalue weighted by atomic mass is 35.5. The van der Waals surface area contributed by atoms with Crippen molar-refractivity contribution in [2.75, 3.05) is 18.0 Å². The van der Waals surface area contributed by atoms with E-state index >= 15 is 0 Å². The summed E-state index contributed by atoms with van der Waals surface area (Å²) in [5.41, 5.74) is 5.33. The zero-order chi connectivity index (χ0) is 22.1. The third kappa shape index (κ3) is 4.31. The summed E-state index contributed by atoms with van der Waals surface area (Å²) >= 11 is 6.03. The molecule has 0 atom stereocenters. The summed E-state index contributed by atoms with van der Waals surface area (Å²) in [6, 6.07) is 18.3. The van der Waals surface area contributed by atoms with Crippen LogP contribution in [0.2, 0.25) is 5.02 Å². The Morgan fingerprint density at radius 1 is 1.00 bits per heavy atom. The maximum atomic E-state index is 13.6. The van der Waals surface area contributed by atoms with Crippen LogP contribution >= 0.6 is 11.6 Å². The molecule has 0 N–H and O–H groups in total. The largest absolute Gasteiger partial charge is 0.295 e. The summed E-state index contributed by atoms with van der Waals surface area (Å²) in [6.45, 7) is 2.67. The molecule has 2 aromatic carbocycles. The third-order valence-electron chi connectivity index (χ3n) is 6.10. The van der Waals surface area contributed by atoms with E-state index in [9.17, 15) is 9.18 Å². The van der Waals surface area contributed by atoms with Gasteiger partial charge in [-0.15, -0.1) is 0 Å². The maximum absolute atomic E-state index is 13.6. The first-order valence-electron chi connectivity index (χ1n) is 10.7. The number of fused-ring (bicyclic) bond motifs is 2. The average molecular weight is 448 g/mol. The van der Waals surface area contributed by atoms with E-state index in [1.165, 1.54) is 11.6 Å². The second-order valence-electron chi connectivity index (χ2n) is 8.33. The van der Waals surface area contributed by atoms with Crippen molar-refractivity contribution >= 4 is 28.9 Å². The fourth-order valence-electron chi connectivity index (χ4n) is 4.59. The van der Waals surface area contributed by atoms with Crippen molar-refractivity contribution in [1.82, 2.24) is 9.88 Å². The minimum Gasteiger partial charge on any atom is -0.295 e. The van der Waals surface area contributed by atoms with E-state index in [-0.39, 0.29) is 11.7 Å². The van der Waals surface area contributed by atoms with E-state index < -0.39 is 0 Å². The quantitative estimate of drug-likeness (QED) is 0.532. The minimum absolute atomic E-state index is 0.0394. The number of pyridine rings is 1. The number of halogens is 2. The van der Waals surface area contributed by atoms with Gasteiger partial charge in [0.1, 0.15) is 11.6 Å². The topological polar surface area (TPSA) is 36.4 Å². The average Bonchev–Trinajstić information content (AvgIpc) is 2.90. The van der Waals surface area contributed by atoms with Crippen molar-refractivity contribution in [1.29, 1.82) is 0 Å². The van der Waals surface area contributed by atoms with Gasteiger partial charge in [-0.3, -0.25) is 14.6 Å². The number of anilines is 1. The van der Waals surface area contributed by atoms with Gasteiger partial charge in [0.2, 0.25) is 5.91 Å². The third-order valence-corrected chi connectivity index (χ3v) is 6.35. The molecule has 4 nitrogen and oxygen atoms in total. The molecule has 3 heterocycles. The molecule has 0 unspecified atom stereocenters. The Hall–Kier alpha value is -3.02. The lowest BCUT2D eigenvalue weighted by Crippen LogP contribution is -2.33. The van der Waals surface area contributed by atoms with Crippen LogP contribution in [0.15, 0.2) is 72.4 Å². The van der Waals surface area contributed by atoms with Gasteiger partial charge in [0.05, 0.1) is 13.0 Å². The van der Waals surface area contributed by atoms with Crippen LogP contribution in [0.4, 0.5) is 10.2 Å². The molecule has 1 aromatic heterocycles. The first kappa shape index (κ1) is 20.9. The summed E-state index contributed by atoms with van der Waals surface area (Å²) in [6.07, 6.45) is 2.94. The van der Waals surface area contributed by atoms with E-state index in [4.69, 9.17) is 11.6 Å². The molecule has 0 saturated heterocycles. The zero-order valence-corrected chi connectivity index (χ0v) is 18.4. The van der Waals surface area contributed by atoms with Crippen LogP contribution < -0.4 is 4.90 Å². The number of amides is 1. The number of benzene rings is 2. The van der Waals surface area contributed by atoms with Crippen LogP contribution in [0.5, 0.6) is 0 Å². The normalized spacial score (nSPS) is 16.6. The predicted octanol–water partition coefficient (Wildman–Crippen LogP) is 5.47. The molecule has 0 fully saturated rings. The number of rotatable bonds is 4. The Morgan fingerprint density at radius 3 is 2.66 bits per heavy atom. The first-order valence-corrected chi connectivity index (χ1v) is 11.1. The van der Waals surface area contributed by atoms with E-state index in [0.717, 1.165) is 41.0 Å². The lowest BCUT2D eigenvalue weighted by atomic mass is 9.92. The second kappa shape index (κ2) is 8.85. The van der Waals surface area contributed by atoms with E-state index in [1.807, 2.05) is 36.4 Å². The second-order valence-corrected chi connectivity index (χ2v) is 8.77. The summed E-state index contributed by atoms with van der Waals surface area (Å²) in [7, 11) is 0. The fourth-order valence-corrected chi connectivity index (χ4v) is 4.71. The molecule has 3 aromatic rings. The van der Waals surface area contributed by atoms with Crippen LogP contribution in [-0.4, -0.2) is 28.9 Å². The number of aromatic nitrogens is 1. The highest BCUT2D eigenvalue weighted by Crippen LogP contribution is 2.38. The molecule has 0 spiro atoms. The molecule has 6 heteroatoms. The summed E-state index contributed by atoms with van der Waals surface area (Å²) in [5.74, 6) is 0.537. The molecule has 5 rings (SSSR count). The van der Waals surface area contributed by atoms with Crippen LogP contribution in [0.25, 0.3) is 5.57 Å². The Labute approximate surface area is 191 Å². The van der Waals surface area contributed by atoms with Crippen molar-refractivity contribution in [2.24, 2.45) is 0 Å². The number of nitrogens with zero attached hydrogens (tertiary/aromatic N) is 3. The number of hydrogen-bond acceptors (Lipinski definition) is 3. The highest BCUT2D eigenvalue weighted by molar-refractivity contribution is 6.30. The SMILES string of the molecule is O=C1CC2=C(CCN(Cc3cccc(F)c3)C2)c2cccnc2N1Cc1ccc(Cl)cc1. The van der Waals surface area contributed by atoms with Crippen LogP contribution in [0.1, 0.15) is 29.5 Å². The van der Waals surface area contributed by atoms with Crippen molar-refractivity contribution in [3.8, 4) is 0 Å². The molecule has 2 aliphatic heterocycles. The summed E-state index contributed by atoms with van der Waals surface area (Å²) < 4.78 is 13.6. The molecule has 32 heavy (non-hydrogen) atoms. The fraction of sp³-hybridized carbons (Fsp3) is 0.231. The van der Waals surface area contributed by atoms with Crippen molar-refractivity contribution in [2.45, 2.75) is 25.9 Å². The Balaban J connectivity index is 1.43. The number of hydrogen-bond donors (Lipinski definition) is 0. The number of carbonyl (C=O) groups is 1. The lowest BCUT2D eigenvalue weighted by Gasteiger charge is -2.30. The highest BCUT2D eigenvalue weighted by Gasteiger charge is 2.31. The van der Waals surface area contributed by atoms with Gasteiger partial charge in [0.25, 0.3) is 0 Å². The predicted molar refractivity (Wildman–Crippen MR) is 125 cm³/mol. The Bertz CT molecular complexity index is 1190. The van der Waals surface area contributed by atoms with Gasteiger partial charge >= 0.3 is 0 Å². The van der Waals surface area contributed by atoms with E-state index in [2.05, 4.69) is 16.0 Å². The lowest BCUT2D eigenvalue weighted by molar-refractivity contribution is -0.118. The van der Waals surface area contributed by atoms with Crippen molar-refractivity contribution < 1.29 is 9.18 Å². The van der Waals surface area contributed by atoms with Crippen molar-refractivity contribution in [3.63, 3.8) is 0 Å². The molecular weight excluding hydrogens is 425 g/mol. The molecule has 2 aliphatic rings. The van der Waals surface area contributed by atoms with Gasteiger partial charge in [-0.05, 0) is 65.1 Å². The smallest absolute Gasteiger partial charge is 0.232 e. The first-order chi connectivity index (χ1) is 15.6. The molecule has 0 saturated carbocycles. The molecule has 162 valence electrons. The molecular formula is C26H23ClFN3O. The maximum Gasteiger partial charge on any atom is 0.232 e. The Morgan fingerprint density at radius 2 is 1.84 bits per heavy atom. The molecule has 0 aliphatic carbocycles.